The maximum atomic E-state index is 14.3. The molecule has 1 aromatic carbocycles. The highest BCUT2D eigenvalue weighted by Gasteiger charge is 2.49. The number of aryl methyl sites for hydroxylation is 1. The smallest absolute Gasteiger partial charge is 0.285 e. The van der Waals surface area contributed by atoms with Crippen molar-refractivity contribution in [2.75, 3.05) is 29.6 Å². The van der Waals surface area contributed by atoms with E-state index in [0.29, 0.717) is 41.2 Å². The first-order valence-corrected chi connectivity index (χ1v) is 16.0. The number of piperidine rings is 2. The maximum absolute atomic E-state index is 14.3. The predicted molar refractivity (Wildman–Crippen MR) is 160 cm³/mol. The number of hydrogen-bond donors (Lipinski definition) is 3. The van der Waals surface area contributed by atoms with Crippen LogP contribution in [0.1, 0.15) is 52.6 Å². The number of nitrogens with one attached hydrogen (secondary N) is 3. The number of sulfonamides is 1. The molecule has 7 rings (SSSR count). The van der Waals surface area contributed by atoms with Gasteiger partial charge in [0.2, 0.25) is 16.0 Å². The Morgan fingerprint density at radius 3 is 2.58 bits per heavy atom. The Balaban J connectivity index is 1.35. The fourth-order valence-corrected chi connectivity index (χ4v) is 7.03. The largest absolute Gasteiger partial charge is 0.377 e. The topological polar surface area (TPSA) is 155 Å². The summed E-state index contributed by atoms with van der Waals surface area (Å²) in [6.07, 6.45) is 3.04. The van der Waals surface area contributed by atoms with Gasteiger partial charge >= 0.3 is 0 Å². The molecule has 1 amide bonds. The number of hydrogen-bond acceptors (Lipinski definition) is 9. The van der Waals surface area contributed by atoms with Gasteiger partial charge in [-0.05, 0) is 55.9 Å². The Kier molecular flexibility index (Phi) is 7.16. The first-order chi connectivity index (χ1) is 20.3. The number of carbonyl (C=O) groups is 1. The van der Waals surface area contributed by atoms with Crippen LogP contribution in [0.2, 0.25) is 5.15 Å². The molecular weight excluding hydrogens is 599 g/mol. The van der Waals surface area contributed by atoms with Crippen LogP contribution in [0.15, 0.2) is 35.3 Å². The Labute approximate surface area is 251 Å². The second-order valence-corrected chi connectivity index (χ2v) is 13.6. The standard InChI is InChI=1S/C28H30ClFN8O4S/c1-13-7-17(14(2)32-20-5-6-21(29)33-25(20)26(39)36-43(4,41)42)23-18(8-13)27(40)37(3)28(34-23)38-11-15-9-16(12-38)22(15)24-19(30)10-31-35-24/h5-8,10,14-16,22,32H,9,11-12H2,1-4H3,(H,31,35)(H,36,39)/t14-,15-,16+,22?/m1/s1. The van der Waals surface area contributed by atoms with Gasteiger partial charge < -0.3 is 10.2 Å². The number of halogens is 2. The average Bonchev–Trinajstić information content (AvgIpc) is 3.35. The second-order valence-electron chi connectivity index (χ2n) is 11.4. The van der Waals surface area contributed by atoms with E-state index < -0.39 is 22.0 Å². The van der Waals surface area contributed by atoms with Crippen LogP contribution in [0.3, 0.4) is 0 Å². The minimum Gasteiger partial charge on any atom is -0.377 e. The van der Waals surface area contributed by atoms with E-state index in [-0.39, 0.29) is 45.7 Å². The summed E-state index contributed by atoms with van der Waals surface area (Å²) in [6.45, 7) is 4.97. The minimum absolute atomic E-state index is 0.0183. The molecule has 1 unspecified atom stereocenters. The highest BCUT2D eigenvalue weighted by atomic mass is 35.5. The second kappa shape index (κ2) is 10.6. The lowest BCUT2D eigenvalue weighted by atomic mass is 9.60. The lowest BCUT2D eigenvalue weighted by Crippen LogP contribution is -2.55. The third-order valence-electron chi connectivity index (χ3n) is 8.29. The monoisotopic (exact) mass is 628 g/mol. The Hall–Kier alpha value is -4.04. The van der Waals surface area contributed by atoms with Gasteiger partial charge in [0, 0.05) is 31.6 Å². The van der Waals surface area contributed by atoms with Crippen molar-refractivity contribution in [1.82, 2.24) is 29.5 Å². The zero-order chi connectivity index (χ0) is 30.8. The van der Waals surface area contributed by atoms with E-state index in [9.17, 15) is 22.4 Å². The van der Waals surface area contributed by atoms with Gasteiger partial charge in [-0.1, -0.05) is 17.7 Å². The molecule has 3 aliphatic rings. The van der Waals surface area contributed by atoms with Crippen LogP contribution in [0.5, 0.6) is 0 Å². The average molecular weight is 629 g/mol. The number of anilines is 2. The summed E-state index contributed by atoms with van der Waals surface area (Å²) in [4.78, 5) is 37.5. The first-order valence-electron chi connectivity index (χ1n) is 13.7. The van der Waals surface area contributed by atoms with Crippen LogP contribution in [0.25, 0.3) is 10.9 Å². The highest BCUT2D eigenvalue weighted by molar-refractivity contribution is 7.89. The van der Waals surface area contributed by atoms with E-state index in [1.54, 1.807) is 17.7 Å². The molecule has 3 fully saturated rings. The Morgan fingerprint density at radius 2 is 1.93 bits per heavy atom. The lowest BCUT2D eigenvalue weighted by molar-refractivity contribution is 0.0977. The summed E-state index contributed by atoms with van der Waals surface area (Å²) in [5.74, 6) is -0.268. The van der Waals surface area contributed by atoms with Gasteiger partial charge in [0.05, 0.1) is 40.8 Å². The zero-order valence-corrected chi connectivity index (χ0v) is 25.4. The van der Waals surface area contributed by atoms with Crippen molar-refractivity contribution in [2.45, 2.75) is 32.2 Å². The van der Waals surface area contributed by atoms with Crippen LogP contribution in [-0.4, -0.2) is 58.4 Å². The molecule has 5 heterocycles. The minimum atomic E-state index is -3.85. The molecule has 15 heteroatoms. The van der Waals surface area contributed by atoms with Gasteiger partial charge in [-0.3, -0.25) is 19.3 Å². The van der Waals surface area contributed by atoms with E-state index in [1.165, 1.54) is 18.3 Å². The Morgan fingerprint density at radius 1 is 1.21 bits per heavy atom. The van der Waals surface area contributed by atoms with Crippen molar-refractivity contribution in [2.24, 2.45) is 18.9 Å². The third kappa shape index (κ3) is 5.33. The van der Waals surface area contributed by atoms with Gasteiger partial charge in [-0.15, -0.1) is 0 Å². The summed E-state index contributed by atoms with van der Waals surface area (Å²) in [5, 5.41) is 10.4. The van der Waals surface area contributed by atoms with E-state index in [1.807, 2.05) is 24.6 Å². The SMILES string of the molecule is Cc1cc([C@@H](C)Nc2ccc(Cl)nc2C(=O)NS(C)(=O)=O)c2nc(N3C[C@H]4C[C@@H](C3)C4c3[nH]ncc3F)n(C)c(=O)c2c1. The van der Waals surface area contributed by atoms with Gasteiger partial charge in [-0.25, -0.2) is 27.5 Å². The fraction of sp³-hybridized carbons (Fsp3) is 0.393. The van der Waals surface area contributed by atoms with Crippen molar-refractivity contribution in [3.05, 3.63) is 74.3 Å². The molecule has 0 spiro atoms. The van der Waals surface area contributed by atoms with Gasteiger partial charge in [0.1, 0.15) is 5.15 Å². The van der Waals surface area contributed by atoms with Gasteiger partial charge in [-0.2, -0.15) is 5.10 Å². The van der Waals surface area contributed by atoms with Crippen molar-refractivity contribution in [1.29, 1.82) is 0 Å². The number of aromatic nitrogens is 5. The molecule has 4 atom stereocenters. The number of aromatic amines is 1. The molecule has 43 heavy (non-hydrogen) atoms. The molecule has 2 bridgehead atoms. The van der Waals surface area contributed by atoms with Crippen LogP contribution < -0.4 is 20.5 Å². The summed E-state index contributed by atoms with van der Waals surface area (Å²) in [7, 11) is -2.14. The molecule has 2 saturated heterocycles. The molecule has 0 radical (unpaired) electrons. The first kappa shape index (κ1) is 29.1. The number of pyridine rings is 1. The van der Waals surface area contributed by atoms with Gasteiger partial charge in [0.15, 0.2) is 11.5 Å². The third-order valence-corrected chi connectivity index (χ3v) is 9.06. The van der Waals surface area contributed by atoms with E-state index in [0.717, 1.165) is 18.2 Å². The highest BCUT2D eigenvalue weighted by Crippen LogP contribution is 2.52. The van der Waals surface area contributed by atoms with Crippen molar-refractivity contribution in [3.8, 4) is 0 Å². The van der Waals surface area contributed by atoms with Crippen LogP contribution in [0.4, 0.5) is 16.0 Å². The van der Waals surface area contributed by atoms with Crippen LogP contribution in [-0.2, 0) is 17.1 Å². The van der Waals surface area contributed by atoms with Crippen molar-refractivity contribution >= 4 is 50.1 Å². The summed E-state index contributed by atoms with van der Waals surface area (Å²) >= 11 is 6.02. The molecular formula is C28H30ClFN8O4S. The summed E-state index contributed by atoms with van der Waals surface area (Å²) < 4.78 is 41.1. The molecule has 3 aromatic heterocycles. The fourth-order valence-electron chi connectivity index (χ4n) is 6.44. The van der Waals surface area contributed by atoms with E-state index in [4.69, 9.17) is 16.6 Å². The lowest BCUT2D eigenvalue weighted by Gasteiger charge is -2.53. The van der Waals surface area contributed by atoms with Gasteiger partial charge in [0.25, 0.3) is 11.5 Å². The van der Waals surface area contributed by atoms with Crippen molar-refractivity contribution < 1.29 is 17.6 Å². The molecule has 1 aliphatic carbocycles. The van der Waals surface area contributed by atoms with E-state index in [2.05, 4.69) is 25.4 Å². The number of fused-ring (bicyclic) bond motifs is 3. The summed E-state index contributed by atoms with van der Waals surface area (Å²) in [5.41, 5.74) is 2.46. The Bertz CT molecular complexity index is 1930. The zero-order valence-electron chi connectivity index (χ0n) is 23.9. The molecule has 4 aromatic rings. The molecule has 3 N–H and O–H groups in total. The normalized spacial score (nSPS) is 20.5. The number of rotatable bonds is 7. The number of carbonyl (C=O) groups excluding carboxylic acids is 1. The van der Waals surface area contributed by atoms with Crippen LogP contribution >= 0.6 is 11.6 Å². The molecule has 2 aliphatic heterocycles. The maximum Gasteiger partial charge on any atom is 0.285 e. The molecule has 1 saturated carbocycles. The molecule has 12 nitrogen and oxygen atoms in total. The quantitative estimate of drug-likeness (QED) is 0.262. The van der Waals surface area contributed by atoms with E-state index >= 15 is 0 Å². The summed E-state index contributed by atoms with van der Waals surface area (Å²) in [6, 6.07) is 6.26. The predicted octanol–water partition coefficient (Wildman–Crippen LogP) is 3.25. The number of H-pyrrole nitrogens is 1. The number of nitrogens with zero attached hydrogens (tertiary/aromatic N) is 5. The molecule has 226 valence electrons. The van der Waals surface area contributed by atoms with Crippen LogP contribution in [0, 0.1) is 24.6 Å². The van der Waals surface area contributed by atoms with Crippen molar-refractivity contribution in [3.63, 3.8) is 0 Å². The number of amides is 1. The number of benzene rings is 1.